The van der Waals surface area contributed by atoms with E-state index in [9.17, 15) is 8.78 Å². The van der Waals surface area contributed by atoms with Gasteiger partial charge in [0, 0.05) is 17.8 Å². The van der Waals surface area contributed by atoms with E-state index >= 15 is 0 Å². The summed E-state index contributed by atoms with van der Waals surface area (Å²) in [5.41, 5.74) is 3.13. The van der Waals surface area contributed by atoms with Crippen molar-refractivity contribution < 1.29 is 8.78 Å². The third kappa shape index (κ3) is 2.21. The molecular weight excluding hydrogens is 232 g/mol. The van der Waals surface area contributed by atoms with E-state index in [1.54, 1.807) is 0 Å². The first-order valence-corrected chi connectivity index (χ1v) is 6.00. The highest BCUT2D eigenvalue weighted by Crippen LogP contribution is 2.25. The molecule has 1 aliphatic carbocycles. The summed E-state index contributed by atoms with van der Waals surface area (Å²) in [6, 6.07) is 12.0. The van der Waals surface area contributed by atoms with E-state index in [0.717, 1.165) is 18.9 Å². The van der Waals surface area contributed by atoms with Gasteiger partial charge in [-0.05, 0) is 36.1 Å². The predicted molar refractivity (Wildman–Crippen MR) is 67.6 cm³/mol. The Balaban J connectivity index is 1.76. The van der Waals surface area contributed by atoms with Crippen LogP contribution in [0.3, 0.4) is 0 Å². The van der Waals surface area contributed by atoms with E-state index in [-0.39, 0.29) is 6.04 Å². The van der Waals surface area contributed by atoms with Crippen LogP contribution >= 0.6 is 0 Å². The fraction of sp³-hybridized carbons (Fsp3) is 0.200. The Morgan fingerprint density at radius 3 is 2.00 bits per heavy atom. The van der Waals surface area contributed by atoms with Crippen LogP contribution in [-0.4, -0.2) is 6.04 Å². The third-order valence-corrected chi connectivity index (χ3v) is 3.28. The number of anilines is 1. The van der Waals surface area contributed by atoms with Crippen molar-refractivity contribution >= 4 is 5.69 Å². The predicted octanol–water partition coefficient (Wildman–Crippen LogP) is 3.54. The molecule has 3 heteroatoms. The topological polar surface area (TPSA) is 12.0 Å². The smallest absolute Gasteiger partial charge is 0.128 e. The fourth-order valence-electron chi connectivity index (χ4n) is 2.53. The Kier molecular flexibility index (Phi) is 2.74. The van der Waals surface area contributed by atoms with Crippen LogP contribution in [0.4, 0.5) is 14.5 Å². The van der Waals surface area contributed by atoms with Gasteiger partial charge in [-0.1, -0.05) is 24.3 Å². The normalized spacial score (nSPS) is 14.6. The van der Waals surface area contributed by atoms with Gasteiger partial charge >= 0.3 is 0 Å². The van der Waals surface area contributed by atoms with E-state index in [1.165, 1.54) is 23.3 Å². The lowest BCUT2D eigenvalue weighted by molar-refractivity contribution is 0.583. The minimum Gasteiger partial charge on any atom is -0.381 e. The average molecular weight is 245 g/mol. The minimum atomic E-state index is -0.548. The maximum atomic E-state index is 13.1. The van der Waals surface area contributed by atoms with Gasteiger partial charge in [0.25, 0.3) is 0 Å². The minimum absolute atomic E-state index is 0.212. The zero-order valence-corrected chi connectivity index (χ0v) is 9.79. The molecule has 0 aliphatic heterocycles. The summed E-state index contributed by atoms with van der Waals surface area (Å²) in [4.78, 5) is 0. The molecule has 3 rings (SSSR count). The Hall–Kier alpha value is -1.90. The van der Waals surface area contributed by atoms with Crippen molar-refractivity contribution in [2.75, 3.05) is 5.32 Å². The second kappa shape index (κ2) is 4.41. The Morgan fingerprint density at radius 2 is 1.44 bits per heavy atom. The molecule has 1 aliphatic rings. The molecule has 0 amide bonds. The number of rotatable bonds is 2. The molecule has 0 spiro atoms. The number of hydrogen-bond donors (Lipinski definition) is 1. The molecule has 0 saturated carbocycles. The van der Waals surface area contributed by atoms with Crippen LogP contribution in [0.25, 0.3) is 0 Å². The fourth-order valence-corrected chi connectivity index (χ4v) is 2.53. The van der Waals surface area contributed by atoms with E-state index in [1.807, 2.05) is 12.1 Å². The first kappa shape index (κ1) is 11.2. The van der Waals surface area contributed by atoms with Crippen molar-refractivity contribution in [3.05, 3.63) is 65.2 Å². The molecular formula is C15H13F2N. The van der Waals surface area contributed by atoms with Crippen LogP contribution in [0.5, 0.6) is 0 Å². The zero-order chi connectivity index (χ0) is 12.5. The molecule has 0 heterocycles. The van der Waals surface area contributed by atoms with Crippen molar-refractivity contribution in [1.29, 1.82) is 0 Å². The maximum Gasteiger partial charge on any atom is 0.128 e. The highest BCUT2D eigenvalue weighted by Gasteiger charge is 2.20. The van der Waals surface area contributed by atoms with E-state index in [4.69, 9.17) is 0 Å². The molecule has 0 saturated heterocycles. The molecule has 1 nitrogen and oxygen atoms in total. The van der Waals surface area contributed by atoms with Crippen molar-refractivity contribution in [1.82, 2.24) is 0 Å². The Morgan fingerprint density at radius 1 is 0.889 bits per heavy atom. The number of halogens is 2. The molecule has 1 N–H and O–H groups in total. The van der Waals surface area contributed by atoms with E-state index < -0.39 is 11.6 Å². The molecule has 0 fully saturated rings. The van der Waals surface area contributed by atoms with Gasteiger partial charge in [-0.25, -0.2) is 8.78 Å². The van der Waals surface area contributed by atoms with Crippen LogP contribution in [0, 0.1) is 11.6 Å². The molecule has 0 radical (unpaired) electrons. The van der Waals surface area contributed by atoms with Gasteiger partial charge in [-0.2, -0.15) is 0 Å². The molecule has 0 atom stereocenters. The summed E-state index contributed by atoms with van der Waals surface area (Å²) in [6.07, 6.45) is 1.79. The third-order valence-electron chi connectivity index (χ3n) is 3.28. The summed E-state index contributed by atoms with van der Waals surface area (Å²) in [7, 11) is 0. The lowest BCUT2D eigenvalue weighted by Crippen LogP contribution is -2.19. The van der Waals surface area contributed by atoms with Crippen molar-refractivity contribution in [2.24, 2.45) is 0 Å². The summed E-state index contributed by atoms with van der Waals surface area (Å²) >= 11 is 0. The highest BCUT2D eigenvalue weighted by atomic mass is 19.1. The van der Waals surface area contributed by atoms with Crippen LogP contribution in [0.1, 0.15) is 11.1 Å². The zero-order valence-electron chi connectivity index (χ0n) is 9.79. The van der Waals surface area contributed by atoms with Gasteiger partial charge in [0.05, 0.1) is 0 Å². The molecule has 2 aromatic rings. The van der Waals surface area contributed by atoms with Gasteiger partial charge in [0.15, 0.2) is 0 Å². The number of hydrogen-bond acceptors (Lipinski definition) is 1. The summed E-state index contributed by atoms with van der Waals surface area (Å²) in [6.45, 7) is 0. The van der Waals surface area contributed by atoms with Gasteiger partial charge in [-0.15, -0.1) is 0 Å². The van der Waals surface area contributed by atoms with Crippen molar-refractivity contribution in [2.45, 2.75) is 18.9 Å². The van der Waals surface area contributed by atoms with Gasteiger partial charge in [0.2, 0.25) is 0 Å². The standard InChI is InChI=1S/C15H13F2N/c16-12-7-13(17)9-15(8-12)18-14-5-10-3-1-2-4-11(10)6-14/h1-4,7-9,14,18H,5-6H2. The van der Waals surface area contributed by atoms with Crippen molar-refractivity contribution in [3.63, 3.8) is 0 Å². The highest BCUT2D eigenvalue weighted by molar-refractivity contribution is 5.47. The number of benzene rings is 2. The SMILES string of the molecule is Fc1cc(F)cc(NC2Cc3ccccc3C2)c1. The van der Waals surface area contributed by atoms with Crippen molar-refractivity contribution in [3.8, 4) is 0 Å². The van der Waals surface area contributed by atoms with Crippen LogP contribution in [0.15, 0.2) is 42.5 Å². The first-order chi connectivity index (χ1) is 8.70. The van der Waals surface area contributed by atoms with Gasteiger partial charge in [-0.3, -0.25) is 0 Å². The molecule has 92 valence electrons. The average Bonchev–Trinajstić information content (AvgIpc) is 2.69. The molecule has 0 aromatic heterocycles. The largest absolute Gasteiger partial charge is 0.381 e. The quantitative estimate of drug-likeness (QED) is 0.853. The number of fused-ring (bicyclic) bond motifs is 1. The van der Waals surface area contributed by atoms with E-state index in [0.29, 0.717) is 5.69 Å². The van der Waals surface area contributed by atoms with E-state index in [2.05, 4.69) is 17.4 Å². The second-order valence-electron chi connectivity index (χ2n) is 4.68. The molecule has 18 heavy (non-hydrogen) atoms. The second-order valence-corrected chi connectivity index (χ2v) is 4.68. The van der Waals surface area contributed by atoms with Crippen LogP contribution < -0.4 is 5.32 Å². The van der Waals surface area contributed by atoms with Gasteiger partial charge < -0.3 is 5.32 Å². The molecule has 2 aromatic carbocycles. The first-order valence-electron chi connectivity index (χ1n) is 6.00. The number of nitrogens with one attached hydrogen (secondary N) is 1. The Bertz CT molecular complexity index is 535. The Labute approximate surface area is 104 Å². The van der Waals surface area contributed by atoms with Crippen LogP contribution in [-0.2, 0) is 12.8 Å². The summed E-state index contributed by atoms with van der Waals surface area (Å²) in [5, 5.41) is 3.19. The monoisotopic (exact) mass is 245 g/mol. The molecule has 0 unspecified atom stereocenters. The van der Waals surface area contributed by atoms with Gasteiger partial charge in [0.1, 0.15) is 11.6 Å². The van der Waals surface area contributed by atoms with Crippen LogP contribution in [0.2, 0.25) is 0 Å². The lowest BCUT2D eigenvalue weighted by Gasteiger charge is -2.13. The molecule has 0 bridgehead atoms. The lowest BCUT2D eigenvalue weighted by atomic mass is 10.1. The maximum absolute atomic E-state index is 13.1. The summed E-state index contributed by atoms with van der Waals surface area (Å²) in [5.74, 6) is -1.10. The summed E-state index contributed by atoms with van der Waals surface area (Å²) < 4.78 is 26.2.